The molecule has 0 bridgehead atoms. The monoisotopic (exact) mass is 464 g/mol. The Balaban J connectivity index is 1.54. The quantitative estimate of drug-likeness (QED) is 0.387. The van der Waals surface area contributed by atoms with Crippen LogP contribution in [0.4, 0.5) is 0 Å². The molecule has 2 unspecified atom stereocenters. The van der Waals surface area contributed by atoms with Gasteiger partial charge in [0.2, 0.25) is 0 Å². The normalized spacial score (nSPS) is 51.2. The number of fused-ring (bicyclic) bond motifs is 5. The van der Waals surface area contributed by atoms with Gasteiger partial charge in [0.1, 0.15) is 0 Å². The molecule has 5 N–H and O–H groups in total. The summed E-state index contributed by atoms with van der Waals surface area (Å²) in [6.07, 6.45) is 4.39. The van der Waals surface area contributed by atoms with Gasteiger partial charge >= 0.3 is 0 Å². The van der Waals surface area contributed by atoms with Crippen LogP contribution >= 0.6 is 0 Å². The van der Waals surface area contributed by atoms with Gasteiger partial charge in [-0.15, -0.1) is 0 Å². The molecule has 4 aliphatic rings. The van der Waals surface area contributed by atoms with E-state index in [9.17, 15) is 25.5 Å². The van der Waals surface area contributed by atoms with Crippen molar-refractivity contribution in [1.82, 2.24) is 0 Å². The van der Waals surface area contributed by atoms with E-state index in [4.69, 9.17) is 0 Å². The molecule has 4 fully saturated rings. The molecule has 0 saturated heterocycles. The molecule has 0 amide bonds. The lowest BCUT2D eigenvalue weighted by Gasteiger charge is -2.63. The highest BCUT2D eigenvalue weighted by molar-refractivity contribution is 5.15. The van der Waals surface area contributed by atoms with Crippen molar-refractivity contribution in [2.75, 3.05) is 6.61 Å². The van der Waals surface area contributed by atoms with Crippen molar-refractivity contribution in [3.8, 4) is 0 Å². The van der Waals surface area contributed by atoms with Gasteiger partial charge in [-0.1, -0.05) is 39.8 Å². The van der Waals surface area contributed by atoms with E-state index in [-0.39, 0.29) is 47.2 Å². The van der Waals surface area contributed by atoms with Crippen LogP contribution in [0.5, 0.6) is 0 Å². The van der Waals surface area contributed by atoms with Crippen LogP contribution in [0, 0.1) is 52.3 Å². The van der Waals surface area contributed by atoms with Gasteiger partial charge in [0, 0.05) is 12.5 Å². The Morgan fingerprint density at radius 1 is 0.909 bits per heavy atom. The first kappa shape index (κ1) is 25.6. The Labute approximate surface area is 200 Å². The summed E-state index contributed by atoms with van der Waals surface area (Å²) in [6, 6.07) is 0. The molecule has 0 aromatic rings. The summed E-state index contributed by atoms with van der Waals surface area (Å²) >= 11 is 0. The topological polar surface area (TPSA) is 101 Å². The number of aliphatic hydroxyl groups is 5. The molecule has 0 aliphatic heterocycles. The van der Waals surface area contributed by atoms with E-state index in [0.717, 1.165) is 44.1 Å². The molecule has 33 heavy (non-hydrogen) atoms. The minimum atomic E-state index is -0.858. The standard InChI is InChI=1S/C28H48O5/c1-15(17(3)14-29)6-7-16(2)20-13-23(32)24-18-12-22(31)25-26(33)21(30)9-11-27(25,4)19(18)8-10-28(20,24)5/h16-26,29-33H,1,6-14H2,2-5H3/t16-,17-,18-,19+,20-,21+,22?,23-,24-,25?,26+,27-,28-/m1/s1. The number of hydrogen-bond donors (Lipinski definition) is 5. The summed E-state index contributed by atoms with van der Waals surface area (Å²) in [6.45, 7) is 13.3. The highest BCUT2D eigenvalue weighted by Crippen LogP contribution is 2.68. The van der Waals surface area contributed by atoms with E-state index >= 15 is 0 Å². The third kappa shape index (κ3) is 4.04. The fourth-order valence-corrected chi connectivity index (χ4v) is 9.37. The average Bonchev–Trinajstić information content (AvgIpc) is 3.04. The van der Waals surface area contributed by atoms with Crippen LogP contribution in [0.25, 0.3) is 0 Å². The van der Waals surface area contributed by atoms with Crippen molar-refractivity contribution >= 4 is 0 Å². The largest absolute Gasteiger partial charge is 0.396 e. The fraction of sp³-hybridized carbons (Fsp3) is 0.929. The number of rotatable bonds is 6. The molecule has 4 saturated carbocycles. The molecule has 4 rings (SSSR count). The lowest BCUT2D eigenvalue weighted by atomic mass is 9.43. The predicted molar refractivity (Wildman–Crippen MR) is 129 cm³/mol. The van der Waals surface area contributed by atoms with E-state index in [2.05, 4.69) is 27.4 Å². The van der Waals surface area contributed by atoms with Crippen molar-refractivity contribution in [2.45, 2.75) is 103 Å². The third-order valence-corrected chi connectivity index (χ3v) is 11.3. The minimum Gasteiger partial charge on any atom is -0.396 e. The lowest BCUT2D eigenvalue weighted by molar-refractivity contribution is -0.217. The molecule has 0 aromatic heterocycles. The Morgan fingerprint density at radius 2 is 1.55 bits per heavy atom. The summed E-state index contributed by atoms with van der Waals surface area (Å²) in [7, 11) is 0. The van der Waals surface area contributed by atoms with Gasteiger partial charge in [0.05, 0.1) is 24.4 Å². The van der Waals surface area contributed by atoms with Crippen LogP contribution in [0.2, 0.25) is 0 Å². The van der Waals surface area contributed by atoms with E-state index in [1.165, 1.54) is 0 Å². The first-order chi connectivity index (χ1) is 15.5. The van der Waals surface area contributed by atoms with Gasteiger partial charge in [-0.05, 0) is 97.7 Å². The zero-order valence-corrected chi connectivity index (χ0v) is 21.2. The minimum absolute atomic E-state index is 0.0552. The first-order valence-electron chi connectivity index (χ1n) is 13.5. The van der Waals surface area contributed by atoms with E-state index in [0.29, 0.717) is 30.6 Å². The summed E-state index contributed by atoms with van der Waals surface area (Å²) in [4.78, 5) is 0. The van der Waals surface area contributed by atoms with Gasteiger partial charge in [0.25, 0.3) is 0 Å². The molecule has 0 radical (unpaired) electrons. The average molecular weight is 465 g/mol. The zero-order valence-electron chi connectivity index (χ0n) is 21.2. The fourth-order valence-electron chi connectivity index (χ4n) is 9.37. The van der Waals surface area contributed by atoms with Crippen molar-refractivity contribution in [2.24, 2.45) is 52.3 Å². The lowest BCUT2D eigenvalue weighted by Crippen LogP contribution is -2.63. The SMILES string of the molecule is C=C(CC[C@@H](C)[C@H]1C[C@@H](O)[C@H]2[C@@H]3CC(O)C4[C@@H](O)[C@@H](O)CC[C@]4(C)[C@H]3CC[C@@]21C)[C@H](C)CO. The van der Waals surface area contributed by atoms with E-state index < -0.39 is 18.3 Å². The van der Waals surface area contributed by atoms with Gasteiger partial charge in [0.15, 0.2) is 0 Å². The van der Waals surface area contributed by atoms with Gasteiger partial charge in [-0.25, -0.2) is 0 Å². The zero-order chi connectivity index (χ0) is 24.3. The highest BCUT2D eigenvalue weighted by atomic mass is 16.3. The molecular formula is C28H48O5. The van der Waals surface area contributed by atoms with E-state index in [1.807, 2.05) is 6.92 Å². The third-order valence-electron chi connectivity index (χ3n) is 11.3. The van der Waals surface area contributed by atoms with Crippen molar-refractivity contribution in [1.29, 1.82) is 0 Å². The highest BCUT2D eigenvalue weighted by Gasteiger charge is 2.65. The van der Waals surface area contributed by atoms with Crippen LogP contribution in [0.1, 0.15) is 79.1 Å². The van der Waals surface area contributed by atoms with Gasteiger partial charge in [-0.3, -0.25) is 0 Å². The van der Waals surface area contributed by atoms with Crippen LogP contribution in [-0.4, -0.2) is 56.6 Å². The molecule has 5 heteroatoms. The van der Waals surface area contributed by atoms with Crippen molar-refractivity contribution in [3.05, 3.63) is 12.2 Å². The molecule has 13 atom stereocenters. The smallest absolute Gasteiger partial charge is 0.0857 e. The molecular weight excluding hydrogens is 416 g/mol. The van der Waals surface area contributed by atoms with Crippen LogP contribution in [-0.2, 0) is 0 Å². The van der Waals surface area contributed by atoms with Crippen LogP contribution in [0.15, 0.2) is 12.2 Å². The summed E-state index contributed by atoms with van der Waals surface area (Å²) in [5.41, 5.74) is 0.976. The van der Waals surface area contributed by atoms with Crippen molar-refractivity contribution < 1.29 is 25.5 Å². The number of hydrogen-bond acceptors (Lipinski definition) is 5. The Morgan fingerprint density at radius 3 is 2.21 bits per heavy atom. The maximum atomic E-state index is 11.4. The Hall–Kier alpha value is -0.460. The van der Waals surface area contributed by atoms with Crippen LogP contribution in [0.3, 0.4) is 0 Å². The second-order valence-electron chi connectivity index (χ2n) is 12.9. The second-order valence-corrected chi connectivity index (χ2v) is 12.9. The number of aliphatic hydroxyl groups excluding tert-OH is 5. The van der Waals surface area contributed by atoms with Gasteiger partial charge in [-0.2, -0.15) is 0 Å². The van der Waals surface area contributed by atoms with E-state index in [1.54, 1.807) is 0 Å². The molecule has 4 aliphatic carbocycles. The second kappa shape index (κ2) is 9.20. The first-order valence-corrected chi connectivity index (χ1v) is 13.5. The molecule has 5 nitrogen and oxygen atoms in total. The summed E-state index contributed by atoms with van der Waals surface area (Å²) < 4.78 is 0. The molecule has 190 valence electrons. The summed E-state index contributed by atoms with van der Waals surface area (Å²) in [5.74, 6) is 1.58. The Kier molecular flexibility index (Phi) is 7.15. The predicted octanol–water partition coefficient (Wildman–Crippen LogP) is 3.52. The molecule has 0 spiro atoms. The van der Waals surface area contributed by atoms with Gasteiger partial charge < -0.3 is 25.5 Å². The maximum absolute atomic E-state index is 11.4. The Bertz CT molecular complexity index is 725. The maximum Gasteiger partial charge on any atom is 0.0857 e. The van der Waals surface area contributed by atoms with Crippen molar-refractivity contribution in [3.63, 3.8) is 0 Å². The summed E-state index contributed by atoms with van der Waals surface area (Å²) in [5, 5.41) is 53.1. The van der Waals surface area contributed by atoms with Crippen LogP contribution < -0.4 is 0 Å². The molecule has 0 heterocycles. The molecule has 0 aromatic carbocycles.